The molecule has 34 heavy (non-hydrogen) atoms. The van der Waals surface area contributed by atoms with Crippen LogP contribution in [-0.4, -0.2) is 59.2 Å². The van der Waals surface area contributed by atoms with Gasteiger partial charge in [-0.05, 0) is 43.8 Å². The number of ketones is 1. The molecule has 0 unspecified atom stereocenters. The largest absolute Gasteiger partial charge is 0.394 e. The molecule has 0 bridgehead atoms. The third kappa shape index (κ3) is 7.69. The van der Waals surface area contributed by atoms with Crippen LogP contribution in [-0.2, 0) is 16.1 Å². The van der Waals surface area contributed by atoms with E-state index in [0.29, 0.717) is 17.8 Å². The average Bonchev–Trinajstić information content (AvgIpc) is 3.21. The molecule has 0 saturated carbocycles. The van der Waals surface area contributed by atoms with Crippen molar-refractivity contribution in [2.24, 2.45) is 5.16 Å². The van der Waals surface area contributed by atoms with Gasteiger partial charge in [0.05, 0.1) is 24.5 Å². The number of imidazole rings is 1. The summed E-state index contributed by atoms with van der Waals surface area (Å²) in [5.41, 5.74) is 3.88. The predicted octanol–water partition coefficient (Wildman–Crippen LogP) is 5.15. The minimum absolute atomic E-state index is 0.0322. The summed E-state index contributed by atoms with van der Waals surface area (Å²) in [6.45, 7) is 4.47. The molecule has 0 aliphatic rings. The number of aromatic nitrogens is 2. The Morgan fingerprint density at radius 1 is 1.24 bits per heavy atom. The fourth-order valence-corrected chi connectivity index (χ4v) is 3.57. The lowest BCUT2D eigenvalue weighted by Crippen LogP contribution is -2.23. The SMILES string of the molecule is CCCN(C)CCON=Cc1ccn2c(-c3cccc(CC(=O)CCC(F)(F)F)c3)cnc2c1. The van der Waals surface area contributed by atoms with Crippen LogP contribution in [0.3, 0.4) is 0 Å². The van der Waals surface area contributed by atoms with Gasteiger partial charge in [0.25, 0.3) is 0 Å². The van der Waals surface area contributed by atoms with Crippen LogP contribution < -0.4 is 0 Å². The lowest BCUT2D eigenvalue weighted by atomic mass is 10.0. The molecule has 1 aromatic carbocycles. The molecule has 9 heteroatoms. The first-order valence-corrected chi connectivity index (χ1v) is 11.2. The van der Waals surface area contributed by atoms with E-state index in [1.807, 2.05) is 41.9 Å². The Bertz CT molecular complexity index is 1120. The Morgan fingerprint density at radius 2 is 2.06 bits per heavy atom. The summed E-state index contributed by atoms with van der Waals surface area (Å²) < 4.78 is 39.0. The molecule has 2 aromatic heterocycles. The smallest absolute Gasteiger partial charge is 0.389 e. The molecule has 3 rings (SSSR count). The highest BCUT2D eigenvalue weighted by atomic mass is 19.4. The fraction of sp³-hybridized carbons (Fsp3) is 0.400. The Morgan fingerprint density at radius 3 is 2.82 bits per heavy atom. The van der Waals surface area contributed by atoms with Gasteiger partial charge in [0, 0.05) is 36.7 Å². The molecule has 0 atom stereocenters. The van der Waals surface area contributed by atoms with E-state index in [-0.39, 0.29) is 6.42 Å². The normalized spacial score (nSPS) is 12.2. The summed E-state index contributed by atoms with van der Waals surface area (Å²) >= 11 is 0. The molecule has 0 fully saturated rings. The van der Waals surface area contributed by atoms with Crippen LogP contribution in [0.25, 0.3) is 16.9 Å². The van der Waals surface area contributed by atoms with Gasteiger partial charge in [-0.15, -0.1) is 0 Å². The van der Waals surface area contributed by atoms with Crippen LogP contribution in [0.15, 0.2) is 53.9 Å². The van der Waals surface area contributed by atoms with Crippen molar-refractivity contribution in [3.05, 3.63) is 59.9 Å². The first-order chi connectivity index (χ1) is 16.2. The van der Waals surface area contributed by atoms with Gasteiger partial charge in [-0.3, -0.25) is 9.20 Å². The van der Waals surface area contributed by atoms with Gasteiger partial charge in [0.1, 0.15) is 18.0 Å². The average molecular weight is 475 g/mol. The maximum atomic E-state index is 12.4. The van der Waals surface area contributed by atoms with E-state index >= 15 is 0 Å². The molecular formula is C25H29F3N4O2. The van der Waals surface area contributed by atoms with Gasteiger partial charge in [0.2, 0.25) is 0 Å². The summed E-state index contributed by atoms with van der Waals surface area (Å²) in [4.78, 5) is 23.9. The van der Waals surface area contributed by atoms with E-state index in [4.69, 9.17) is 4.84 Å². The number of fused-ring (bicyclic) bond motifs is 1. The van der Waals surface area contributed by atoms with Gasteiger partial charge in [-0.2, -0.15) is 13.2 Å². The highest BCUT2D eigenvalue weighted by Gasteiger charge is 2.27. The maximum Gasteiger partial charge on any atom is 0.389 e. The zero-order chi connectivity index (χ0) is 24.6. The summed E-state index contributed by atoms with van der Waals surface area (Å²) in [5, 5.41) is 4.02. The second-order valence-corrected chi connectivity index (χ2v) is 8.23. The Kier molecular flexibility index (Phi) is 8.81. The van der Waals surface area contributed by atoms with Crippen LogP contribution >= 0.6 is 0 Å². The topological polar surface area (TPSA) is 59.2 Å². The summed E-state index contributed by atoms with van der Waals surface area (Å²) in [6.07, 6.45) is 0.372. The molecule has 0 amide bonds. The second kappa shape index (κ2) is 11.8. The van der Waals surface area contributed by atoms with Gasteiger partial charge in [-0.1, -0.05) is 30.3 Å². The zero-order valence-corrected chi connectivity index (χ0v) is 19.4. The number of hydrogen-bond acceptors (Lipinski definition) is 5. The van der Waals surface area contributed by atoms with Crippen LogP contribution in [0.1, 0.15) is 37.3 Å². The molecule has 0 aliphatic carbocycles. The van der Waals surface area contributed by atoms with Crippen LogP contribution in [0, 0.1) is 0 Å². The van der Waals surface area contributed by atoms with Crippen LogP contribution in [0.4, 0.5) is 13.2 Å². The second-order valence-electron chi connectivity index (χ2n) is 8.23. The van der Waals surface area contributed by atoms with E-state index in [9.17, 15) is 18.0 Å². The molecule has 6 nitrogen and oxygen atoms in total. The Balaban J connectivity index is 1.64. The predicted molar refractivity (Wildman–Crippen MR) is 126 cm³/mol. The van der Waals surface area contributed by atoms with Crippen LogP contribution in [0.2, 0.25) is 0 Å². The van der Waals surface area contributed by atoms with Crippen molar-refractivity contribution in [2.75, 3.05) is 26.7 Å². The number of pyridine rings is 1. The standard InChI is InChI=1S/C25H29F3N4O2/c1-3-10-31(2)12-13-34-30-17-20-8-11-32-23(18-29-24(32)16-20)21-6-4-5-19(14-21)15-22(33)7-9-25(26,27)28/h4-6,8,11,14,16-18H,3,7,9-10,12-13,15H2,1-2H3. The van der Waals surface area contributed by atoms with E-state index in [2.05, 4.69) is 22.0 Å². The third-order valence-electron chi connectivity index (χ3n) is 5.29. The molecule has 0 spiro atoms. The van der Waals surface area contributed by atoms with Gasteiger partial charge < -0.3 is 9.74 Å². The van der Waals surface area contributed by atoms with E-state index < -0.39 is 24.8 Å². The van der Waals surface area contributed by atoms with E-state index in [0.717, 1.165) is 36.3 Å². The number of benzene rings is 1. The van der Waals surface area contributed by atoms with Gasteiger partial charge >= 0.3 is 6.18 Å². The molecule has 0 saturated heterocycles. The Hall–Kier alpha value is -3.20. The highest BCUT2D eigenvalue weighted by Crippen LogP contribution is 2.24. The fourth-order valence-electron chi connectivity index (χ4n) is 3.57. The van der Waals surface area contributed by atoms with Gasteiger partial charge in [0.15, 0.2) is 0 Å². The number of hydrogen-bond donors (Lipinski definition) is 0. The minimum atomic E-state index is -4.32. The number of carbonyl (C=O) groups excluding carboxylic acids is 1. The Labute approximate surface area is 197 Å². The van der Waals surface area contributed by atoms with Crippen molar-refractivity contribution in [3.8, 4) is 11.3 Å². The molecule has 2 heterocycles. The zero-order valence-electron chi connectivity index (χ0n) is 19.4. The van der Waals surface area contributed by atoms with Crippen molar-refractivity contribution in [1.82, 2.24) is 14.3 Å². The molecular weight excluding hydrogens is 445 g/mol. The number of halogens is 3. The molecule has 0 aliphatic heterocycles. The summed E-state index contributed by atoms with van der Waals surface area (Å²) in [5.74, 6) is -0.434. The maximum absolute atomic E-state index is 12.4. The molecule has 3 aromatic rings. The number of rotatable bonds is 12. The van der Waals surface area contributed by atoms with Crippen molar-refractivity contribution in [2.45, 2.75) is 38.8 Å². The third-order valence-corrected chi connectivity index (χ3v) is 5.29. The number of likely N-dealkylation sites (N-methyl/N-ethyl adjacent to an activating group) is 1. The lowest BCUT2D eigenvalue weighted by molar-refractivity contribution is -0.143. The van der Waals surface area contributed by atoms with E-state index in [1.165, 1.54) is 0 Å². The monoisotopic (exact) mass is 474 g/mol. The van der Waals surface area contributed by atoms with Crippen molar-refractivity contribution in [1.29, 1.82) is 0 Å². The van der Waals surface area contributed by atoms with Crippen molar-refractivity contribution >= 4 is 17.6 Å². The number of oxime groups is 1. The highest BCUT2D eigenvalue weighted by molar-refractivity contribution is 5.82. The van der Waals surface area contributed by atoms with Crippen LogP contribution in [0.5, 0.6) is 0 Å². The number of carbonyl (C=O) groups is 1. The van der Waals surface area contributed by atoms with E-state index in [1.54, 1.807) is 24.5 Å². The first-order valence-electron chi connectivity index (χ1n) is 11.2. The molecule has 182 valence electrons. The lowest BCUT2D eigenvalue weighted by Gasteiger charge is -2.13. The molecule has 0 radical (unpaired) electrons. The minimum Gasteiger partial charge on any atom is -0.394 e. The molecule has 0 N–H and O–H groups in total. The summed E-state index contributed by atoms with van der Waals surface area (Å²) in [7, 11) is 2.04. The number of nitrogens with zero attached hydrogens (tertiary/aromatic N) is 4. The van der Waals surface area contributed by atoms with Crippen molar-refractivity contribution in [3.63, 3.8) is 0 Å². The first kappa shape index (κ1) is 25.4. The van der Waals surface area contributed by atoms with Crippen molar-refractivity contribution < 1.29 is 22.8 Å². The summed E-state index contributed by atoms with van der Waals surface area (Å²) in [6, 6.07) is 11.0. The quantitative estimate of drug-likeness (QED) is 0.207. The number of alkyl halides is 3. The van der Waals surface area contributed by atoms with Gasteiger partial charge in [-0.25, -0.2) is 4.98 Å². The number of Topliss-reactive ketones (excluding diaryl/α,β-unsaturated/α-hetero) is 1.